The van der Waals surface area contributed by atoms with Crippen molar-refractivity contribution in [3.8, 4) is 33.8 Å². The Balaban J connectivity index is 1.53. The molecule has 0 saturated heterocycles. The average Bonchev–Trinajstić information content (AvgIpc) is 2.89. The molecule has 4 aromatic carbocycles. The highest BCUT2D eigenvalue weighted by atomic mass is 19.4. The molecule has 10 heteroatoms. The van der Waals surface area contributed by atoms with Gasteiger partial charge in [0, 0.05) is 5.56 Å². The van der Waals surface area contributed by atoms with Crippen LogP contribution in [0.25, 0.3) is 22.3 Å². The van der Waals surface area contributed by atoms with E-state index in [1.807, 2.05) is 24.3 Å². The van der Waals surface area contributed by atoms with Crippen molar-refractivity contribution in [2.45, 2.75) is 45.1 Å². The first-order valence-electron chi connectivity index (χ1n) is 12.7. The van der Waals surface area contributed by atoms with E-state index in [4.69, 9.17) is 0 Å². The van der Waals surface area contributed by atoms with Crippen molar-refractivity contribution in [2.24, 2.45) is 0 Å². The molecule has 0 aliphatic heterocycles. The summed E-state index contributed by atoms with van der Waals surface area (Å²) in [5.74, 6) is -5.61. The molecule has 2 nitrogen and oxygen atoms in total. The fourth-order valence-electron chi connectivity index (χ4n) is 4.29. The molecule has 0 fully saturated rings. The van der Waals surface area contributed by atoms with Crippen molar-refractivity contribution >= 4 is 0 Å². The van der Waals surface area contributed by atoms with Crippen molar-refractivity contribution in [3.05, 3.63) is 107 Å². The van der Waals surface area contributed by atoms with Crippen molar-refractivity contribution in [1.82, 2.24) is 0 Å². The summed E-state index contributed by atoms with van der Waals surface area (Å²) in [5, 5.41) is 0. The van der Waals surface area contributed by atoms with Gasteiger partial charge in [0.1, 0.15) is 34.5 Å². The maximum atomic E-state index is 15.0. The normalized spacial score (nSPS) is 11.9. The molecule has 0 aliphatic rings. The second-order valence-corrected chi connectivity index (χ2v) is 9.30. The Morgan fingerprint density at radius 2 is 1.12 bits per heavy atom. The van der Waals surface area contributed by atoms with Gasteiger partial charge in [-0.2, -0.15) is 8.78 Å². The number of unbranched alkanes of at least 4 members (excludes halogenated alkanes) is 2. The molecule has 0 spiro atoms. The molecule has 0 bridgehead atoms. The number of hydrogen-bond acceptors (Lipinski definition) is 2. The van der Waals surface area contributed by atoms with Crippen LogP contribution in [0.15, 0.2) is 78.9 Å². The van der Waals surface area contributed by atoms with Crippen molar-refractivity contribution in [3.63, 3.8) is 0 Å². The second kappa shape index (κ2) is 12.2. The summed E-state index contributed by atoms with van der Waals surface area (Å²) in [6.45, 7) is 2.12. The molecular weight excluding hydrogens is 556 g/mol. The predicted octanol–water partition coefficient (Wildman–Crippen LogP) is 10.2. The minimum Gasteiger partial charge on any atom is -0.429 e. The van der Waals surface area contributed by atoms with E-state index in [1.165, 1.54) is 12.1 Å². The highest BCUT2D eigenvalue weighted by Gasteiger charge is 2.41. The Morgan fingerprint density at radius 1 is 0.585 bits per heavy atom. The summed E-state index contributed by atoms with van der Waals surface area (Å²) < 4.78 is 119. The molecular formula is C31H24F8O2. The Hall–Kier alpha value is -4.08. The maximum Gasteiger partial charge on any atom is 0.573 e. The zero-order chi connectivity index (χ0) is 29.8. The molecule has 0 radical (unpaired) electrons. The number of benzene rings is 4. The monoisotopic (exact) mass is 580 g/mol. The molecule has 216 valence electrons. The first-order chi connectivity index (χ1) is 19.4. The van der Waals surface area contributed by atoms with Crippen molar-refractivity contribution in [1.29, 1.82) is 0 Å². The topological polar surface area (TPSA) is 18.5 Å². The Kier molecular flexibility index (Phi) is 8.89. The second-order valence-electron chi connectivity index (χ2n) is 9.30. The predicted molar refractivity (Wildman–Crippen MR) is 138 cm³/mol. The van der Waals surface area contributed by atoms with Gasteiger partial charge in [-0.15, -0.1) is 13.2 Å². The lowest BCUT2D eigenvalue weighted by Crippen LogP contribution is -2.25. The number of hydrogen-bond donors (Lipinski definition) is 0. The Labute approximate surface area is 231 Å². The number of ether oxygens (including phenoxy) is 2. The molecule has 4 aromatic rings. The molecule has 0 aromatic heterocycles. The van der Waals surface area contributed by atoms with Crippen molar-refractivity contribution < 1.29 is 44.6 Å². The summed E-state index contributed by atoms with van der Waals surface area (Å²) in [4.78, 5) is 0. The largest absolute Gasteiger partial charge is 0.573 e. The van der Waals surface area contributed by atoms with Gasteiger partial charge in [-0.1, -0.05) is 56.2 Å². The van der Waals surface area contributed by atoms with Gasteiger partial charge in [0.05, 0.1) is 0 Å². The molecule has 41 heavy (non-hydrogen) atoms. The number of alkyl halides is 5. The smallest absolute Gasteiger partial charge is 0.429 e. The lowest BCUT2D eigenvalue weighted by atomic mass is 9.97. The standard InChI is InChI=1S/C31H24F8O2/c1-2-3-4-5-19-6-8-20(9-7-19)21-10-15-25(26(32)16-21)22-17-27(33)29(28(34)18-22)30(35,36)40-23-11-13-24(14-12-23)41-31(37,38)39/h6-18H,2-5H2,1H3. The number of halogens is 8. The summed E-state index contributed by atoms with van der Waals surface area (Å²) in [7, 11) is 0. The number of aryl methyl sites for hydroxylation is 1. The van der Waals surface area contributed by atoms with Crippen LogP contribution in [0.4, 0.5) is 35.1 Å². The van der Waals surface area contributed by atoms with E-state index >= 15 is 4.39 Å². The van der Waals surface area contributed by atoms with Gasteiger partial charge in [0.2, 0.25) is 0 Å². The van der Waals surface area contributed by atoms with Crippen LogP contribution in [0.5, 0.6) is 11.5 Å². The fraction of sp³-hybridized carbons (Fsp3) is 0.226. The molecule has 0 saturated carbocycles. The summed E-state index contributed by atoms with van der Waals surface area (Å²) in [6, 6.07) is 15.6. The van der Waals surface area contributed by atoms with E-state index in [2.05, 4.69) is 16.4 Å². The third-order valence-electron chi connectivity index (χ3n) is 6.27. The summed E-state index contributed by atoms with van der Waals surface area (Å²) in [5.41, 5.74) is 0.140. The minimum absolute atomic E-state index is 0.209. The third-order valence-corrected chi connectivity index (χ3v) is 6.27. The van der Waals surface area contributed by atoms with Gasteiger partial charge in [-0.3, -0.25) is 0 Å². The van der Waals surface area contributed by atoms with Crippen LogP contribution in [-0.4, -0.2) is 6.36 Å². The maximum absolute atomic E-state index is 15.0. The average molecular weight is 581 g/mol. The van der Waals surface area contributed by atoms with Crippen LogP contribution >= 0.6 is 0 Å². The van der Waals surface area contributed by atoms with Crippen LogP contribution in [0.3, 0.4) is 0 Å². The molecule has 0 heterocycles. The zero-order valence-corrected chi connectivity index (χ0v) is 21.7. The van der Waals surface area contributed by atoms with E-state index < -0.39 is 47.0 Å². The minimum atomic E-state index is -5.00. The van der Waals surface area contributed by atoms with E-state index in [0.717, 1.165) is 48.9 Å². The van der Waals surface area contributed by atoms with Gasteiger partial charge in [-0.05, 0) is 77.6 Å². The SMILES string of the molecule is CCCCCc1ccc(-c2ccc(-c3cc(F)c(C(F)(F)Oc4ccc(OC(F)(F)F)cc4)c(F)c3)c(F)c2)cc1. The summed E-state index contributed by atoms with van der Waals surface area (Å²) in [6.07, 6.45) is -5.32. The van der Waals surface area contributed by atoms with E-state index in [0.29, 0.717) is 29.8 Å². The molecule has 0 amide bonds. The quantitative estimate of drug-likeness (QED) is 0.137. The van der Waals surface area contributed by atoms with Crippen LogP contribution < -0.4 is 9.47 Å². The van der Waals surface area contributed by atoms with Crippen molar-refractivity contribution in [2.75, 3.05) is 0 Å². The highest BCUT2D eigenvalue weighted by Crippen LogP contribution is 2.38. The molecule has 4 rings (SSSR count). The first kappa shape index (κ1) is 29.9. The molecule has 0 unspecified atom stereocenters. The fourth-order valence-corrected chi connectivity index (χ4v) is 4.29. The van der Waals surface area contributed by atoms with Crippen LogP contribution in [0, 0.1) is 17.5 Å². The van der Waals surface area contributed by atoms with E-state index in [-0.39, 0.29) is 11.1 Å². The van der Waals surface area contributed by atoms with E-state index in [9.17, 15) is 30.7 Å². The lowest BCUT2D eigenvalue weighted by molar-refractivity contribution is -0.274. The van der Waals surface area contributed by atoms with Gasteiger partial charge < -0.3 is 9.47 Å². The lowest BCUT2D eigenvalue weighted by Gasteiger charge is -2.20. The summed E-state index contributed by atoms with van der Waals surface area (Å²) >= 11 is 0. The van der Waals surface area contributed by atoms with Crippen LogP contribution in [0.1, 0.15) is 37.3 Å². The van der Waals surface area contributed by atoms with Gasteiger partial charge in [0.25, 0.3) is 0 Å². The van der Waals surface area contributed by atoms with Crippen LogP contribution in [0.2, 0.25) is 0 Å². The molecule has 0 aliphatic carbocycles. The van der Waals surface area contributed by atoms with Gasteiger partial charge in [0.15, 0.2) is 0 Å². The van der Waals surface area contributed by atoms with Crippen LogP contribution in [-0.2, 0) is 12.5 Å². The highest BCUT2D eigenvalue weighted by molar-refractivity contribution is 5.71. The Bertz CT molecular complexity index is 1460. The third kappa shape index (κ3) is 7.56. The zero-order valence-electron chi connectivity index (χ0n) is 21.7. The Morgan fingerprint density at radius 3 is 1.66 bits per heavy atom. The number of rotatable bonds is 10. The van der Waals surface area contributed by atoms with Gasteiger partial charge >= 0.3 is 12.5 Å². The molecule has 0 atom stereocenters. The van der Waals surface area contributed by atoms with E-state index in [1.54, 1.807) is 6.07 Å². The first-order valence-corrected chi connectivity index (χ1v) is 12.7. The van der Waals surface area contributed by atoms with Gasteiger partial charge in [-0.25, -0.2) is 13.2 Å². The molecule has 0 N–H and O–H groups in total.